The zero-order valence-electron chi connectivity index (χ0n) is 14.8. The number of hydrogen-bond acceptors (Lipinski definition) is 5. The molecule has 0 aliphatic heterocycles. The number of carbonyl (C=O) groups excluding carboxylic acids is 2. The van der Waals surface area contributed by atoms with Crippen LogP contribution in [0.2, 0.25) is 0 Å². The van der Waals surface area contributed by atoms with Gasteiger partial charge in [0.15, 0.2) is 6.61 Å². The second kappa shape index (κ2) is 8.42. The fraction of sp³-hybridized carbons (Fsp3) is 0.368. The van der Waals surface area contributed by atoms with Crippen molar-refractivity contribution in [3.63, 3.8) is 0 Å². The molecule has 0 saturated heterocycles. The average Bonchev–Trinajstić information content (AvgIpc) is 3.35. The first-order valence-electron chi connectivity index (χ1n) is 8.75. The van der Waals surface area contributed by atoms with Gasteiger partial charge in [0.25, 0.3) is 5.91 Å². The summed E-state index contributed by atoms with van der Waals surface area (Å²) >= 11 is 0. The molecule has 1 aliphatic rings. The van der Waals surface area contributed by atoms with Gasteiger partial charge in [-0.05, 0) is 43.9 Å². The Balaban J connectivity index is 1.53. The first-order valence-corrected chi connectivity index (χ1v) is 8.75. The highest BCUT2D eigenvalue weighted by Crippen LogP contribution is 2.21. The van der Waals surface area contributed by atoms with Crippen molar-refractivity contribution in [2.24, 2.45) is 0 Å². The summed E-state index contributed by atoms with van der Waals surface area (Å²) in [5.74, 6) is -0.682. The number of carbonyl (C=O) groups is 2. The molecule has 0 bridgehead atoms. The summed E-state index contributed by atoms with van der Waals surface area (Å²) in [6.45, 7) is 2.84. The third-order valence-corrected chi connectivity index (χ3v) is 4.31. The Labute approximate surface area is 152 Å². The monoisotopic (exact) mass is 354 g/mol. The number of likely N-dealkylation sites (N-methyl/N-ethyl adjacent to an activating group) is 1. The summed E-state index contributed by atoms with van der Waals surface area (Å²) in [5, 5.41) is 4.04. The third kappa shape index (κ3) is 4.36. The maximum Gasteiger partial charge on any atom is 0.338 e. The van der Waals surface area contributed by atoms with Crippen LogP contribution < -0.4 is 0 Å². The van der Waals surface area contributed by atoms with E-state index < -0.39 is 5.97 Å². The lowest BCUT2D eigenvalue weighted by molar-refractivity contribution is -0.132. The van der Waals surface area contributed by atoms with Crippen LogP contribution >= 0.6 is 0 Å². The van der Waals surface area contributed by atoms with Crippen LogP contribution in [0.15, 0.2) is 48.7 Å². The normalized spacial score (nSPS) is 13.3. The van der Waals surface area contributed by atoms with E-state index in [0.717, 1.165) is 30.5 Å². The smallest absolute Gasteiger partial charge is 0.338 e. The van der Waals surface area contributed by atoms with Gasteiger partial charge in [-0.2, -0.15) is 5.10 Å². The Morgan fingerprint density at radius 2 is 2.08 bits per heavy atom. The van der Waals surface area contributed by atoms with Gasteiger partial charge in [-0.1, -0.05) is 18.2 Å². The van der Waals surface area contributed by atoms with Crippen molar-refractivity contribution < 1.29 is 14.3 Å². The van der Waals surface area contributed by atoms with Crippen LogP contribution in [-0.2, 0) is 16.1 Å². The highest BCUT2D eigenvalue weighted by atomic mass is 16.5. The van der Waals surface area contributed by atoms with Crippen molar-refractivity contribution >= 4 is 11.9 Å². The van der Waals surface area contributed by atoms with E-state index in [1.807, 2.05) is 19.1 Å². The summed E-state index contributed by atoms with van der Waals surface area (Å²) in [5.41, 5.74) is 2.45. The molecular weight excluding hydrogens is 332 g/mol. The molecule has 0 atom stereocenters. The topological polar surface area (TPSA) is 77.3 Å². The fourth-order valence-electron chi connectivity index (χ4n) is 2.97. The number of rotatable bonds is 7. The minimum Gasteiger partial charge on any atom is -0.452 e. The number of aromatic nitrogens is 3. The Kier molecular flexibility index (Phi) is 5.78. The van der Waals surface area contributed by atoms with Gasteiger partial charge in [-0.15, -0.1) is 0 Å². The third-order valence-electron chi connectivity index (χ3n) is 4.31. The summed E-state index contributed by atoms with van der Waals surface area (Å²) < 4.78 is 6.89. The molecule has 3 rings (SSSR count). The van der Waals surface area contributed by atoms with Gasteiger partial charge in [0.05, 0.1) is 12.1 Å². The molecule has 0 radical (unpaired) electrons. The molecule has 7 heteroatoms. The number of amides is 1. The number of esters is 1. The van der Waals surface area contributed by atoms with Crippen LogP contribution in [0, 0.1) is 0 Å². The van der Waals surface area contributed by atoms with E-state index in [9.17, 15) is 9.59 Å². The molecule has 1 heterocycles. The summed E-state index contributed by atoms with van der Waals surface area (Å²) in [6, 6.07) is 7.05. The van der Waals surface area contributed by atoms with Gasteiger partial charge in [-0.25, -0.2) is 14.5 Å². The zero-order chi connectivity index (χ0) is 18.4. The minimum atomic E-state index is -0.498. The number of hydrogen-bond donors (Lipinski definition) is 0. The molecular formula is C19H22N4O3. The highest BCUT2D eigenvalue weighted by Gasteiger charge is 2.20. The zero-order valence-corrected chi connectivity index (χ0v) is 14.8. The Morgan fingerprint density at radius 1 is 1.27 bits per heavy atom. The maximum absolute atomic E-state index is 12.3. The van der Waals surface area contributed by atoms with E-state index in [2.05, 4.69) is 16.2 Å². The van der Waals surface area contributed by atoms with Crippen molar-refractivity contribution in [1.29, 1.82) is 0 Å². The molecule has 0 N–H and O–H groups in total. The van der Waals surface area contributed by atoms with Gasteiger partial charge < -0.3 is 9.64 Å². The first kappa shape index (κ1) is 17.8. The van der Waals surface area contributed by atoms with Crippen molar-refractivity contribution in [3.05, 3.63) is 59.8 Å². The molecule has 0 saturated carbocycles. The lowest BCUT2D eigenvalue weighted by Gasteiger charge is -2.22. The highest BCUT2D eigenvalue weighted by molar-refractivity contribution is 5.91. The second-order valence-corrected chi connectivity index (χ2v) is 6.09. The largest absolute Gasteiger partial charge is 0.452 e. The van der Waals surface area contributed by atoms with E-state index >= 15 is 0 Å². The standard InChI is InChI=1S/C19H22N4O3/c1-2-23(17-5-3-4-6-17)18(24)12-26-19(25)16-9-7-15(8-10-16)11-22-14-20-13-21-22/h5,7-10,13-14H,2-4,6,11-12H2,1H3. The van der Waals surface area contributed by atoms with Gasteiger partial charge in [0.1, 0.15) is 12.7 Å². The Morgan fingerprint density at radius 3 is 2.69 bits per heavy atom. The molecule has 26 heavy (non-hydrogen) atoms. The predicted octanol–water partition coefficient (Wildman–Crippen LogP) is 2.40. The molecule has 0 fully saturated rings. The van der Waals surface area contributed by atoms with E-state index in [-0.39, 0.29) is 12.5 Å². The lowest BCUT2D eigenvalue weighted by Crippen LogP contribution is -2.33. The molecule has 0 spiro atoms. The summed E-state index contributed by atoms with van der Waals surface area (Å²) in [7, 11) is 0. The molecule has 1 aromatic heterocycles. The first-order chi connectivity index (χ1) is 12.7. The maximum atomic E-state index is 12.3. The molecule has 2 aromatic rings. The number of nitrogens with zero attached hydrogens (tertiary/aromatic N) is 4. The van der Waals surface area contributed by atoms with E-state index in [1.165, 1.54) is 6.33 Å². The lowest BCUT2D eigenvalue weighted by atomic mass is 10.1. The summed E-state index contributed by atoms with van der Waals surface area (Å²) in [6.07, 6.45) is 8.16. The van der Waals surface area contributed by atoms with E-state index in [0.29, 0.717) is 18.7 Å². The SMILES string of the molecule is CCN(C(=O)COC(=O)c1ccc(Cn2cncn2)cc1)C1=CCCC1. The van der Waals surface area contributed by atoms with Gasteiger partial charge in [0, 0.05) is 12.2 Å². The predicted molar refractivity (Wildman–Crippen MR) is 95.2 cm³/mol. The second-order valence-electron chi connectivity index (χ2n) is 6.09. The molecule has 7 nitrogen and oxygen atoms in total. The van der Waals surface area contributed by atoms with Crippen LogP contribution in [0.3, 0.4) is 0 Å². The van der Waals surface area contributed by atoms with Crippen molar-refractivity contribution in [2.75, 3.05) is 13.2 Å². The molecule has 136 valence electrons. The van der Waals surface area contributed by atoms with Gasteiger partial charge in [-0.3, -0.25) is 4.79 Å². The number of ether oxygens (including phenoxy) is 1. The molecule has 0 unspecified atom stereocenters. The number of benzene rings is 1. The molecule has 1 amide bonds. The fourth-order valence-corrected chi connectivity index (χ4v) is 2.97. The van der Waals surface area contributed by atoms with Gasteiger partial charge >= 0.3 is 5.97 Å². The van der Waals surface area contributed by atoms with Crippen LogP contribution in [0.5, 0.6) is 0 Å². The quantitative estimate of drug-likeness (QED) is 0.714. The summed E-state index contributed by atoms with van der Waals surface area (Å²) in [4.78, 5) is 30.1. The van der Waals surface area contributed by atoms with Crippen LogP contribution in [-0.4, -0.2) is 44.7 Å². The van der Waals surface area contributed by atoms with Crippen molar-refractivity contribution in [1.82, 2.24) is 19.7 Å². The Hall–Kier alpha value is -2.96. The van der Waals surface area contributed by atoms with Crippen LogP contribution in [0.1, 0.15) is 42.1 Å². The Bertz CT molecular complexity index is 782. The van der Waals surface area contributed by atoms with Gasteiger partial charge in [0.2, 0.25) is 0 Å². The van der Waals surface area contributed by atoms with Crippen molar-refractivity contribution in [3.8, 4) is 0 Å². The molecule has 1 aliphatic carbocycles. The number of allylic oxidation sites excluding steroid dienone is 2. The van der Waals surface area contributed by atoms with Crippen LogP contribution in [0.25, 0.3) is 0 Å². The van der Waals surface area contributed by atoms with E-state index in [1.54, 1.807) is 28.0 Å². The average molecular weight is 354 g/mol. The molecule has 1 aromatic carbocycles. The van der Waals surface area contributed by atoms with Crippen molar-refractivity contribution in [2.45, 2.75) is 32.7 Å². The van der Waals surface area contributed by atoms with E-state index in [4.69, 9.17) is 4.74 Å². The van der Waals surface area contributed by atoms with Crippen LogP contribution in [0.4, 0.5) is 0 Å². The minimum absolute atomic E-state index is 0.184.